The van der Waals surface area contributed by atoms with Gasteiger partial charge >= 0.3 is 0 Å². The molecule has 2 heterocycles. The summed E-state index contributed by atoms with van der Waals surface area (Å²) in [5.41, 5.74) is 0. The van der Waals surface area contributed by atoms with Crippen LogP contribution in [0.2, 0.25) is 0 Å². The van der Waals surface area contributed by atoms with E-state index in [1.54, 1.807) is 0 Å². The van der Waals surface area contributed by atoms with E-state index in [9.17, 15) is 35.7 Å². The van der Waals surface area contributed by atoms with Gasteiger partial charge in [-0.2, -0.15) is 0 Å². The van der Waals surface area contributed by atoms with Crippen molar-refractivity contribution in [3.05, 3.63) is 0 Å². The average molecular weight is 370 g/mol. The highest BCUT2D eigenvalue weighted by atomic mass is 16.6. The van der Waals surface area contributed by atoms with Crippen LogP contribution in [-0.2, 0) is 14.2 Å². The van der Waals surface area contributed by atoms with Crippen LogP contribution in [0.4, 0.5) is 0 Å². The van der Waals surface area contributed by atoms with Crippen molar-refractivity contribution in [2.24, 2.45) is 5.92 Å². The first-order valence-electron chi connectivity index (χ1n) is 8.00. The Morgan fingerprint density at radius 3 is 1.80 bits per heavy atom. The largest absolute Gasteiger partial charge is 0.394 e. The zero-order valence-electron chi connectivity index (χ0n) is 13.4. The minimum Gasteiger partial charge on any atom is -0.394 e. The molecule has 0 aromatic rings. The maximum atomic E-state index is 9.99. The van der Waals surface area contributed by atoms with Gasteiger partial charge in [-0.25, -0.2) is 0 Å². The number of ether oxygens (including phenoxy) is 3. The van der Waals surface area contributed by atoms with Crippen molar-refractivity contribution in [2.45, 2.75) is 55.1 Å². The van der Waals surface area contributed by atoms with E-state index in [0.29, 0.717) is 0 Å². The molecule has 2 fully saturated rings. The van der Waals surface area contributed by atoms with Crippen molar-refractivity contribution in [1.29, 1.82) is 0 Å². The SMILES string of the molecule is OCC1OC(COCC2C(CO)OC(O)C(O)C2O)C(O)C(O)C1O. The molecule has 0 bridgehead atoms. The lowest BCUT2D eigenvalue weighted by atomic mass is 9.90. The quantitative estimate of drug-likeness (QED) is 0.223. The van der Waals surface area contributed by atoms with Crippen LogP contribution < -0.4 is 0 Å². The van der Waals surface area contributed by atoms with Gasteiger partial charge < -0.3 is 55.1 Å². The zero-order chi connectivity index (χ0) is 18.7. The molecule has 2 saturated heterocycles. The summed E-state index contributed by atoms with van der Waals surface area (Å²) in [6.45, 7) is -1.53. The summed E-state index contributed by atoms with van der Waals surface area (Å²) < 4.78 is 15.6. The van der Waals surface area contributed by atoms with Gasteiger partial charge in [0.05, 0.1) is 38.6 Å². The van der Waals surface area contributed by atoms with Gasteiger partial charge in [-0.1, -0.05) is 0 Å². The molecule has 2 rings (SSSR count). The van der Waals surface area contributed by atoms with E-state index in [4.69, 9.17) is 19.3 Å². The van der Waals surface area contributed by atoms with Crippen molar-refractivity contribution in [3.8, 4) is 0 Å². The second-order valence-corrected chi connectivity index (χ2v) is 6.30. The Morgan fingerprint density at radius 1 is 0.600 bits per heavy atom. The van der Waals surface area contributed by atoms with E-state index < -0.39 is 74.3 Å². The molecule has 0 aromatic carbocycles. The Labute approximate surface area is 143 Å². The van der Waals surface area contributed by atoms with Crippen LogP contribution in [0.25, 0.3) is 0 Å². The van der Waals surface area contributed by atoms with Crippen LogP contribution in [0, 0.1) is 5.92 Å². The minimum atomic E-state index is -1.63. The number of aliphatic hydroxyl groups is 8. The topological polar surface area (TPSA) is 190 Å². The summed E-state index contributed by atoms with van der Waals surface area (Å²) in [6.07, 6.45) is -12.1. The fourth-order valence-electron chi connectivity index (χ4n) is 3.02. The predicted octanol–water partition coefficient (Wildman–Crippen LogP) is -5.11. The van der Waals surface area contributed by atoms with Gasteiger partial charge in [-0.05, 0) is 0 Å². The number of hydrogen-bond donors (Lipinski definition) is 8. The maximum absolute atomic E-state index is 9.99. The molecule has 11 nitrogen and oxygen atoms in total. The third-order valence-corrected chi connectivity index (χ3v) is 4.64. The predicted molar refractivity (Wildman–Crippen MR) is 78.1 cm³/mol. The van der Waals surface area contributed by atoms with Gasteiger partial charge in [0.15, 0.2) is 6.29 Å². The maximum Gasteiger partial charge on any atom is 0.183 e. The summed E-state index contributed by atoms with van der Waals surface area (Å²) in [5.74, 6) is -0.853. The van der Waals surface area contributed by atoms with Gasteiger partial charge in [0.1, 0.15) is 36.6 Å². The minimum absolute atomic E-state index is 0.203. The Morgan fingerprint density at radius 2 is 1.20 bits per heavy atom. The van der Waals surface area contributed by atoms with E-state index in [1.165, 1.54) is 0 Å². The molecule has 0 radical (unpaired) electrons. The standard InChI is InChI=1S/C14H26O11/c15-1-6-5(9(17)13(21)14(22)25-6)3-23-4-8-11(19)12(20)10(18)7(2-16)24-8/h5-22H,1-4H2. The molecular formula is C14H26O11. The fraction of sp³-hybridized carbons (Fsp3) is 1.00. The number of aliphatic hydroxyl groups excluding tert-OH is 8. The molecule has 0 spiro atoms. The number of hydrogen-bond acceptors (Lipinski definition) is 11. The van der Waals surface area contributed by atoms with Crippen molar-refractivity contribution in [3.63, 3.8) is 0 Å². The highest BCUT2D eigenvalue weighted by molar-refractivity contribution is 4.92. The van der Waals surface area contributed by atoms with Crippen LogP contribution in [-0.4, -0.2) is 122 Å². The van der Waals surface area contributed by atoms with E-state index in [2.05, 4.69) is 0 Å². The van der Waals surface area contributed by atoms with E-state index in [0.717, 1.165) is 0 Å². The van der Waals surface area contributed by atoms with Crippen LogP contribution in [0.3, 0.4) is 0 Å². The van der Waals surface area contributed by atoms with Gasteiger partial charge in [0, 0.05) is 5.92 Å². The first-order chi connectivity index (χ1) is 11.8. The fourth-order valence-corrected chi connectivity index (χ4v) is 3.02. The van der Waals surface area contributed by atoms with Crippen LogP contribution in [0.1, 0.15) is 0 Å². The molecule has 8 N–H and O–H groups in total. The summed E-state index contributed by atoms with van der Waals surface area (Å²) in [7, 11) is 0. The normalized spacial score (nSPS) is 48.5. The monoisotopic (exact) mass is 370 g/mol. The lowest BCUT2D eigenvalue weighted by Gasteiger charge is -2.41. The third kappa shape index (κ3) is 4.46. The lowest BCUT2D eigenvalue weighted by molar-refractivity contribution is -0.282. The van der Waals surface area contributed by atoms with Gasteiger partial charge in [0.25, 0.3) is 0 Å². The van der Waals surface area contributed by atoms with E-state index >= 15 is 0 Å². The molecule has 10 atom stereocenters. The number of rotatable bonds is 6. The van der Waals surface area contributed by atoms with Gasteiger partial charge in [-0.3, -0.25) is 0 Å². The lowest BCUT2D eigenvalue weighted by Crippen LogP contribution is -2.60. The van der Waals surface area contributed by atoms with Crippen LogP contribution in [0.5, 0.6) is 0 Å². The smallest absolute Gasteiger partial charge is 0.183 e. The van der Waals surface area contributed by atoms with Crippen molar-refractivity contribution in [2.75, 3.05) is 26.4 Å². The Bertz CT molecular complexity index is 406. The molecule has 2 aliphatic heterocycles. The van der Waals surface area contributed by atoms with Crippen LogP contribution >= 0.6 is 0 Å². The van der Waals surface area contributed by atoms with Crippen molar-refractivity contribution < 1.29 is 55.1 Å². The Kier molecular flexibility index (Phi) is 7.49. The molecule has 11 heteroatoms. The second kappa shape index (κ2) is 8.97. The van der Waals surface area contributed by atoms with E-state index in [-0.39, 0.29) is 13.2 Å². The average Bonchev–Trinajstić information content (AvgIpc) is 2.61. The Hall–Kier alpha value is -0.440. The van der Waals surface area contributed by atoms with Gasteiger partial charge in [-0.15, -0.1) is 0 Å². The second-order valence-electron chi connectivity index (χ2n) is 6.30. The first-order valence-corrected chi connectivity index (χ1v) is 8.00. The van der Waals surface area contributed by atoms with Crippen LogP contribution in [0.15, 0.2) is 0 Å². The molecule has 2 aliphatic rings. The summed E-state index contributed by atoms with van der Waals surface area (Å²) in [4.78, 5) is 0. The molecule has 0 amide bonds. The highest BCUT2D eigenvalue weighted by Gasteiger charge is 2.45. The Balaban J connectivity index is 1.90. The molecule has 10 unspecified atom stereocenters. The summed E-state index contributed by atoms with van der Waals surface area (Å²) >= 11 is 0. The molecular weight excluding hydrogens is 344 g/mol. The summed E-state index contributed by atoms with van der Waals surface area (Å²) in [6, 6.07) is 0. The van der Waals surface area contributed by atoms with E-state index in [1.807, 2.05) is 0 Å². The van der Waals surface area contributed by atoms with Gasteiger partial charge in [0.2, 0.25) is 0 Å². The molecule has 25 heavy (non-hydrogen) atoms. The third-order valence-electron chi connectivity index (χ3n) is 4.64. The van der Waals surface area contributed by atoms with Crippen molar-refractivity contribution in [1.82, 2.24) is 0 Å². The highest BCUT2D eigenvalue weighted by Crippen LogP contribution is 2.26. The van der Waals surface area contributed by atoms with Crippen molar-refractivity contribution >= 4 is 0 Å². The molecule has 0 aromatic heterocycles. The molecule has 0 saturated carbocycles. The summed E-state index contributed by atoms with van der Waals surface area (Å²) in [5, 5.41) is 76.7. The molecule has 0 aliphatic carbocycles. The molecule has 148 valence electrons. The zero-order valence-corrected chi connectivity index (χ0v) is 13.4. The first kappa shape index (κ1) is 20.9.